The summed E-state index contributed by atoms with van der Waals surface area (Å²) < 4.78 is 0. The van der Waals surface area contributed by atoms with Crippen LogP contribution in [0.5, 0.6) is 0 Å². The maximum absolute atomic E-state index is 9.63. The summed E-state index contributed by atoms with van der Waals surface area (Å²) in [6.07, 6.45) is 1.75. The van der Waals surface area contributed by atoms with E-state index in [-0.39, 0.29) is 0 Å². The quantitative estimate of drug-likeness (QED) is 0.526. The summed E-state index contributed by atoms with van der Waals surface area (Å²) in [6, 6.07) is 31.2. The molecule has 0 radical (unpaired) electrons. The highest BCUT2D eigenvalue weighted by Crippen LogP contribution is 2.39. The molecule has 4 aromatic rings. The average molecular weight is 366 g/mol. The molecule has 0 saturated heterocycles. The van der Waals surface area contributed by atoms with E-state index in [1.54, 1.807) is 18.3 Å². The molecule has 5 heteroatoms. The third-order valence-corrected chi connectivity index (χ3v) is 4.53. The Morgan fingerprint density at radius 1 is 0.714 bits per heavy atom. The fourth-order valence-electron chi connectivity index (χ4n) is 3.24. The highest BCUT2D eigenvalue weighted by molar-refractivity contribution is 6.58. The molecule has 0 amide bonds. The van der Waals surface area contributed by atoms with Crippen molar-refractivity contribution in [1.29, 1.82) is 0 Å². The largest absolute Gasteiger partial charge is 0.488 e. The van der Waals surface area contributed by atoms with Gasteiger partial charge in [-0.05, 0) is 41.4 Å². The number of hydrogen-bond acceptors (Lipinski definition) is 4. The van der Waals surface area contributed by atoms with Crippen molar-refractivity contribution in [2.24, 2.45) is 0 Å². The van der Waals surface area contributed by atoms with Gasteiger partial charge < -0.3 is 10.0 Å². The molecule has 1 heterocycles. The Morgan fingerprint density at radius 2 is 1.46 bits per heavy atom. The van der Waals surface area contributed by atoms with Crippen LogP contribution in [0.3, 0.4) is 0 Å². The second-order valence-electron chi connectivity index (χ2n) is 6.38. The molecule has 0 fully saturated rings. The molecule has 0 spiro atoms. The first-order valence-electron chi connectivity index (χ1n) is 9.06. The molecule has 3 aromatic carbocycles. The molecule has 1 aromatic heterocycles. The normalized spacial score (nSPS) is 10.5. The van der Waals surface area contributed by atoms with Gasteiger partial charge in [-0.25, -0.2) is 4.98 Å². The maximum atomic E-state index is 9.63. The number of benzene rings is 3. The van der Waals surface area contributed by atoms with E-state index in [9.17, 15) is 10.0 Å². The first kappa shape index (κ1) is 18.0. The topological polar surface area (TPSA) is 56.6 Å². The SMILES string of the molecule is OB(O)c1cccc(N(c2ccccn2)c2ccccc2-c2ccccc2)c1. The summed E-state index contributed by atoms with van der Waals surface area (Å²) in [7, 11) is -1.53. The van der Waals surface area contributed by atoms with Crippen LogP contribution in [0.2, 0.25) is 0 Å². The molecule has 4 nitrogen and oxygen atoms in total. The lowest BCUT2D eigenvalue weighted by molar-refractivity contribution is 0.426. The molecule has 0 saturated carbocycles. The molecule has 0 unspecified atom stereocenters. The van der Waals surface area contributed by atoms with Crippen molar-refractivity contribution in [2.45, 2.75) is 0 Å². The predicted octanol–water partition coefficient (Wildman–Crippen LogP) is 3.90. The van der Waals surface area contributed by atoms with Gasteiger partial charge in [0.15, 0.2) is 0 Å². The van der Waals surface area contributed by atoms with Gasteiger partial charge in [-0.3, -0.25) is 4.90 Å². The van der Waals surface area contributed by atoms with Crippen LogP contribution in [0, 0.1) is 0 Å². The van der Waals surface area contributed by atoms with Gasteiger partial charge in [0.05, 0.1) is 5.69 Å². The molecule has 0 aliphatic carbocycles. The van der Waals surface area contributed by atoms with Gasteiger partial charge in [-0.15, -0.1) is 0 Å². The van der Waals surface area contributed by atoms with Gasteiger partial charge >= 0.3 is 7.12 Å². The first-order chi connectivity index (χ1) is 13.7. The fraction of sp³-hybridized carbons (Fsp3) is 0. The van der Waals surface area contributed by atoms with Crippen molar-refractivity contribution in [3.63, 3.8) is 0 Å². The van der Waals surface area contributed by atoms with Crippen molar-refractivity contribution in [2.75, 3.05) is 4.90 Å². The summed E-state index contributed by atoms with van der Waals surface area (Å²) in [5, 5.41) is 19.3. The Hall–Kier alpha value is -3.41. The number of para-hydroxylation sites is 1. The molecular weight excluding hydrogens is 347 g/mol. The van der Waals surface area contributed by atoms with E-state index < -0.39 is 7.12 Å². The van der Waals surface area contributed by atoms with Gasteiger partial charge in [0.1, 0.15) is 5.82 Å². The van der Waals surface area contributed by atoms with Crippen molar-refractivity contribution in [1.82, 2.24) is 4.98 Å². The summed E-state index contributed by atoms with van der Waals surface area (Å²) >= 11 is 0. The van der Waals surface area contributed by atoms with Gasteiger partial charge in [-0.1, -0.05) is 66.7 Å². The first-order valence-corrected chi connectivity index (χ1v) is 9.06. The molecular formula is C23H19BN2O2. The van der Waals surface area contributed by atoms with Crippen LogP contribution in [0.25, 0.3) is 11.1 Å². The number of hydrogen-bond donors (Lipinski definition) is 2. The third-order valence-electron chi connectivity index (χ3n) is 4.53. The predicted molar refractivity (Wildman–Crippen MR) is 114 cm³/mol. The highest BCUT2D eigenvalue weighted by atomic mass is 16.4. The van der Waals surface area contributed by atoms with Gasteiger partial charge in [0.2, 0.25) is 0 Å². The van der Waals surface area contributed by atoms with E-state index in [0.717, 1.165) is 28.3 Å². The van der Waals surface area contributed by atoms with Crippen LogP contribution < -0.4 is 10.4 Å². The van der Waals surface area contributed by atoms with Crippen LogP contribution in [0.4, 0.5) is 17.2 Å². The summed E-state index contributed by atoms with van der Waals surface area (Å²) in [4.78, 5) is 6.56. The summed E-state index contributed by atoms with van der Waals surface area (Å²) in [6.45, 7) is 0. The fourth-order valence-corrected chi connectivity index (χ4v) is 3.24. The zero-order valence-electron chi connectivity index (χ0n) is 15.2. The van der Waals surface area contributed by atoms with Crippen LogP contribution in [0.1, 0.15) is 0 Å². The summed E-state index contributed by atoms with van der Waals surface area (Å²) in [5.41, 5.74) is 4.33. The van der Waals surface area contributed by atoms with E-state index in [0.29, 0.717) is 5.46 Å². The Balaban J connectivity index is 1.93. The van der Waals surface area contributed by atoms with E-state index >= 15 is 0 Å². The van der Waals surface area contributed by atoms with Gasteiger partial charge in [0, 0.05) is 17.4 Å². The molecule has 28 heavy (non-hydrogen) atoms. The Bertz CT molecular complexity index is 1060. The Morgan fingerprint density at radius 3 is 2.21 bits per heavy atom. The van der Waals surface area contributed by atoms with E-state index in [4.69, 9.17) is 0 Å². The molecule has 0 atom stereocenters. The van der Waals surface area contributed by atoms with Crippen LogP contribution in [-0.4, -0.2) is 22.2 Å². The van der Waals surface area contributed by atoms with Crippen molar-refractivity contribution in [3.05, 3.63) is 103 Å². The smallest absolute Gasteiger partial charge is 0.423 e. The van der Waals surface area contributed by atoms with Crippen molar-refractivity contribution < 1.29 is 10.0 Å². The summed E-state index contributed by atoms with van der Waals surface area (Å²) in [5.74, 6) is 0.746. The second kappa shape index (κ2) is 8.09. The number of aromatic nitrogens is 1. The minimum absolute atomic E-state index is 0.427. The molecule has 4 rings (SSSR count). The maximum Gasteiger partial charge on any atom is 0.488 e. The monoisotopic (exact) mass is 366 g/mol. The number of rotatable bonds is 5. The standard InChI is InChI=1S/C23H19BN2O2/c27-24(28)19-11-8-12-20(17-19)26(23-15-6-7-16-25-23)22-14-5-4-13-21(22)18-9-2-1-3-10-18/h1-17,27-28H. The molecule has 0 bridgehead atoms. The van der Waals surface area contributed by atoms with Crippen LogP contribution >= 0.6 is 0 Å². The lowest BCUT2D eigenvalue weighted by Gasteiger charge is -2.27. The number of nitrogens with zero attached hydrogens (tertiary/aromatic N) is 2. The van der Waals surface area contributed by atoms with Crippen LogP contribution in [0.15, 0.2) is 103 Å². The highest BCUT2D eigenvalue weighted by Gasteiger charge is 2.19. The molecule has 0 aliphatic rings. The van der Waals surface area contributed by atoms with E-state index in [1.807, 2.05) is 71.6 Å². The van der Waals surface area contributed by atoms with Crippen molar-refractivity contribution >= 4 is 29.8 Å². The molecule has 136 valence electrons. The van der Waals surface area contributed by atoms with Crippen molar-refractivity contribution in [3.8, 4) is 11.1 Å². The number of pyridine rings is 1. The minimum Gasteiger partial charge on any atom is -0.423 e. The lowest BCUT2D eigenvalue weighted by Crippen LogP contribution is -2.30. The lowest BCUT2D eigenvalue weighted by atomic mass is 9.80. The van der Waals surface area contributed by atoms with Crippen LogP contribution in [-0.2, 0) is 0 Å². The Kier molecular flexibility index (Phi) is 5.19. The molecule has 0 aliphatic heterocycles. The second-order valence-corrected chi connectivity index (χ2v) is 6.38. The zero-order valence-corrected chi connectivity index (χ0v) is 15.2. The molecule has 2 N–H and O–H groups in total. The van der Waals surface area contributed by atoms with E-state index in [2.05, 4.69) is 23.2 Å². The number of anilines is 3. The third kappa shape index (κ3) is 3.67. The zero-order chi connectivity index (χ0) is 19.3. The van der Waals surface area contributed by atoms with Gasteiger partial charge in [0.25, 0.3) is 0 Å². The Labute approximate surface area is 164 Å². The van der Waals surface area contributed by atoms with E-state index in [1.165, 1.54) is 0 Å². The van der Waals surface area contributed by atoms with Gasteiger partial charge in [-0.2, -0.15) is 0 Å². The minimum atomic E-state index is -1.53. The average Bonchev–Trinajstić information content (AvgIpc) is 2.76.